The minimum absolute atomic E-state index is 0.177. The van der Waals surface area contributed by atoms with Crippen LogP contribution < -0.4 is 0 Å². The average molecular weight is 228 g/mol. The molecular weight excluding hydrogens is 216 g/mol. The fourth-order valence-electron chi connectivity index (χ4n) is 1.70. The van der Waals surface area contributed by atoms with Gasteiger partial charge in [-0.25, -0.2) is 0 Å². The third-order valence-corrected chi connectivity index (χ3v) is 2.50. The Balaban J connectivity index is 2.14. The third kappa shape index (κ3) is 2.45. The van der Waals surface area contributed by atoms with E-state index < -0.39 is 6.10 Å². The lowest BCUT2D eigenvalue weighted by Gasteiger charge is -2.04. The molecule has 0 aliphatic heterocycles. The number of nitrogens with zero attached hydrogens (tertiary/aromatic N) is 1. The van der Waals surface area contributed by atoms with E-state index in [0.29, 0.717) is 0 Å². The van der Waals surface area contributed by atoms with Crippen molar-refractivity contribution in [3.05, 3.63) is 36.0 Å². The molecule has 86 valence electrons. The van der Waals surface area contributed by atoms with Crippen LogP contribution in [0.25, 0.3) is 10.9 Å². The van der Waals surface area contributed by atoms with Gasteiger partial charge in [0, 0.05) is 17.1 Å². The molecule has 1 aromatic heterocycles. The molecule has 0 radical (unpaired) electrons. The van der Waals surface area contributed by atoms with Crippen LogP contribution in [0.1, 0.15) is 12.5 Å². The van der Waals surface area contributed by atoms with E-state index in [4.69, 9.17) is 10.00 Å². The summed E-state index contributed by atoms with van der Waals surface area (Å²) < 4.78 is 4.91. The van der Waals surface area contributed by atoms with Gasteiger partial charge in [-0.2, -0.15) is 5.26 Å². The molecule has 1 heterocycles. The normalized spacial score (nSPS) is 12.0. The number of rotatable bonds is 3. The molecule has 0 amide bonds. The molecule has 1 unspecified atom stereocenters. The van der Waals surface area contributed by atoms with E-state index in [0.717, 1.165) is 16.5 Å². The molecule has 0 bridgehead atoms. The summed E-state index contributed by atoms with van der Waals surface area (Å²) in [7, 11) is 0. The second-order valence-electron chi connectivity index (χ2n) is 3.80. The second kappa shape index (κ2) is 4.71. The summed E-state index contributed by atoms with van der Waals surface area (Å²) in [6.45, 7) is 1.55. The van der Waals surface area contributed by atoms with Gasteiger partial charge in [0.2, 0.25) is 0 Å². The Kier molecular flexibility index (Phi) is 3.10. The maximum absolute atomic E-state index is 11.5. The van der Waals surface area contributed by atoms with Gasteiger partial charge >= 0.3 is 5.97 Å². The van der Waals surface area contributed by atoms with Crippen molar-refractivity contribution in [3.63, 3.8) is 0 Å². The van der Waals surface area contributed by atoms with Crippen LogP contribution in [-0.2, 0) is 16.0 Å². The minimum Gasteiger partial charge on any atom is -0.447 e. The molecule has 0 spiro atoms. The highest BCUT2D eigenvalue weighted by Crippen LogP contribution is 2.18. The van der Waals surface area contributed by atoms with Crippen LogP contribution in [0.3, 0.4) is 0 Å². The predicted molar refractivity (Wildman–Crippen MR) is 63.2 cm³/mol. The van der Waals surface area contributed by atoms with Crippen molar-refractivity contribution in [1.82, 2.24) is 4.98 Å². The van der Waals surface area contributed by atoms with Gasteiger partial charge in [-0.05, 0) is 18.6 Å². The summed E-state index contributed by atoms with van der Waals surface area (Å²) in [5.74, 6) is -0.385. The number of para-hydroxylation sites is 1. The lowest BCUT2D eigenvalue weighted by molar-refractivity contribution is -0.145. The number of ether oxygens (including phenoxy) is 1. The number of hydrogen-bond acceptors (Lipinski definition) is 3. The molecule has 0 fully saturated rings. The molecule has 0 aliphatic carbocycles. The van der Waals surface area contributed by atoms with E-state index in [1.807, 2.05) is 30.3 Å². The van der Waals surface area contributed by atoms with Gasteiger partial charge in [0.1, 0.15) is 6.07 Å². The van der Waals surface area contributed by atoms with Gasteiger partial charge in [0.15, 0.2) is 6.10 Å². The average Bonchev–Trinajstić information content (AvgIpc) is 2.72. The number of fused-ring (bicyclic) bond motifs is 1. The fourth-order valence-corrected chi connectivity index (χ4v) is 1.70. The van der Waals surface area contributed by atoms with Crippen molar-refractivity contribution >= 4 is 16.9 Å². The molecule has 1 aromatic carbocycles. The van der Waals surface area contributed by atoms with Crippen molar-refractivity contribution in [3.8, 4) is 6.07 Å². The van der Waals surface area contributed by atoms with Crippen molar-refractivity contribution in [1.29, 1.82) is 5.26 Å². The SMILES string of the molecule is CC(C#N)OC(=O)Cc1c[nH]c2ccccc12. The number of nitrogens with one attached hydrogen (secondary N) is 1. The highest BCUT2D eigenvalue weighted by Gasteiger charge is 2.12. The summed E-state index contributed by atoms with van der Waals surface area (Å²) in [6, 6.07) is 9.60. The van der Waals surface area contributed by atoms with Crippen LogP contribution in [0.15, 0.2) is 30.5 Å². The van der Waals surface area contributed by atoms with E-state index in [1.165, 1.54) is 0 Å². The first-order valence-corrected chi connectivity index (χ1v) is 5.35. The first kappa shape index (κ1) is 11.2. The second-order valence-corrected chi connectivity index (χ2v) is 3.80. The zero-order chi connectivity index (χ0) is 12.3. The Labute approximate surface area is 98.8 Å². The number of hydrogen-bond donors (Lipinski definition) is 1. The number of nitriles is 1. The number of aromatic amines is 1. The summed E-state index contributed by atoms with van der Waals surface area (Å²) in [5, 5.41) is 9.56. The zero-order valence-corrected chi connectivity index (χ0v) is 9.43. The summed E-state index contributed by atoms with van der Waals surface area (Å²) in [5.41, 5.74) is 1.87. The van der Waals surface area contributed by atoms with Gasteiger partial charge in [0.05, 0.1) is 6.42 Å². The van der Waals surface area contributed by atoms with Gasteiger partial charge < -0.3 is 9.72 Å². The zero-order valence-electron chi connectivity index (χ0n) is 9.43. The van der Waals surface area contributed by atoms with Crippen molar-refractivity contribution in [2.75, 3.05) is 0 Å². The number of esters is 1. The quantitative estimate of drug-likeness (QED) is 0.818. The van der Waals surface area contributed by atoms with E-state index >= 15 is 0 Å². The Hall–Kier alpha value is -2.28. The Morgan fingerprint density at radius 3 is 3.06 bits per heavy atom. The van der Waals surface area contributed by atoms with Crippen LogP contribution in [0, 0.1) is 11.3 Å². The van der Waals surface area contributed by atoms with Gasteiger partial charge in [-0.3, -0.25) is 4.79 Å². The van der Waals surface area contributed by atoms with Crippen LogP contribution in [0.4, 0.5) is 0 Å². The number of carbonyl (C=O) groups is 1. The summed E-state index contributed by atoms with van der Waals surface area (Å²) in [4.78, 5) is 14.6. The monoisotopic (exact) mass is 228 g/mol. The molecule has 17 heavy (non-hydrogen) atoms. The topological polar surface area (TPSA) is 65.9 Å². The molecule has 1 N–H and O–H groups in total. The molecule has 1 atom stereocenters. The van der Waals surface area contributed by atoms with Gasteiger partial charge in [-0.1, -0.05) is 18.2 Å². The van der Waals surface area contributed by atoms with E-state index in [9.17, 15) is 4.79 Å². The van der Waals surface area contributed by atoms with Crippen molar-refractivity contribution in [2.45, 2.75) is 19.4 Å². The van der Waals surface area contributed by atoms with Crippen LogP contribution in [-0.4, -0.2) is 17.1 Å². The van der Waals surface area contributed by atoms with Crippen LogP contribution >= 0.6 is 0 Å². The standard InChI is InChI=1S/C13H12N2O2/c1-9(7-14)17-13(16)6-10-8-15-12-5-3-2-4-11(10)12/h2-5,8-9,15H,6H2,1H3. The highest BCUT2D eigenvalue weighted by atomic mass is 16.5. The van der Waals surface area contributed by atoms with Crippen molar-refractivity contribution < 1.29 is 9.53 Å². The number of H-pyrrole nitrogens is 1. The lowest BCUT2D eigenvalue weighted by Crippen LogP contribution is -2.14. The van der Waals surface area contributed by atoms with E-state index in [2.05, 4.69) is 4.98 Å². The molecule has 0 saturated heterocycles. The maximum Gasteiger partial charge on any atom is 0.311 e. The first-order valence-electron chi connectivity index (χ1n) is 5.35. The molecule has 4 heteroatoms. The summed E-state index contributed by atoms with van der Waals surface area (Å²) in [6.07, 6.45) is 1.27. The Morgan fingerprint density at radius 1 is 1.53 bits per heavy atom. The number of carbonyl (C=O) groups excluding carboxylic acids is 1. The van der Waals surface area contributed by atoms with Gasteiger partial charge in [-0.15, -0.1) is 0 Å². The Bertz CT molecular complexity index is 580. The fraction of sp³-hybridized carbons (Fsp3) is 0.231. The first-order chi connectivity index (χ1) is 8.20. The highest BCUT2D eigenvalue weighted by molar-refractivity contribution is 5.87. The molecule has 0 saturated carbocycles. The van der Waals surface area contributed by atoms with Crippen LogP contribution in [0.5, 0.6) is 0 Å². The maximum atomic E-state index is 11.5. The summed E-state index contributed by atoms with van der Waals surface area (Å²) >= 11 is 0. The molecule has 2 aromatic rings. The lowest BCUT2D eigenvalue weighted by atomic mass is 10.1. The molecule has 2 rings (SSSR count). The van der Waals surface area contributed by atoms with Crippen LogP contribution in [0.2, 0.25) is 0 Å². The third-order valence-electron chi connectivity index (χ3n) is 2.50. The molecular formula is C13H12N2O2. The number of aromatic nitrogens is 1. The number of benzene rings is 1. The van der Waals surface area contributed by atoms with Crippen molar-refractivity contribution in [2.24, 2.45) is 0 Å². The predicted octanol–water partition coefficient (Wildman–Crippen LogP) is 2.17. The minimum atomic E-state index is -0.701. The van der Waals surface area contributed by atoms with E-state index in [-0.39, 0.29) is 12.4 Å². The Morgan fingerprint density at radius 2 is 2.29 bits per heavy atom. The van der Waals surface area contributed by atoms with E-state index in [1.54, 1.807) is 13.1 Å². The largest absolute Gasteiger partial charge is 0.447 e. The molecule has 0 aliphatic rings. The molecule has 4 nitrogen and oxygen atoms in total. The van der Waals surface area contributed by atoms with Gasteiger partial charge in [0.25, 0.3) is 0 Å². The smallest absolute Gasteiger partial charge is 0.311 e.